The topological polar surface area (TPSA) is 9.23 Å². The van der Waals surface area contributed by atoms with Crippen molar-refractivity contribution < 1.29 is 4.74 Å². The summed E-state index contributed by atoms with van der Waals surface area (Å²) in [6.07, 6.45) is 87.9. The van der Waals surface area contributed by atoms with E-state index >= 15 is 0 Å². The van der Waals surface area contributed by atoms with Gasteiger partial charge in [0.1, 0.15) is 0 Å². The van der Waals surface area contributed by atoms with Crippen LogP contribution < -0.4 is 0 Å². The molecule has 0 unspecified atom stereocenters. The van der Waals surface area contributed by atoms with Crippen molar-refractivity contribution in [1.29, 1.82) is 0 Å². The molecule has 0 fully saturated rings. The maximum absolute atomic E-state index is 5.96. The molecule has 0 saturated carbocycles. The molecule has 0 aromatic heterocycles. The molecular weight excluding hydrogens is 785 g/mol. The molecule has 0 rings (SSSR count). The highest BCUT2D eigenvalue weighted by molar-refractivity contribution is 4.55. The van der Waals surface area contributed by atoms with Gasteiger partial charge in [-0.2, -0.15) is 0 Å². The zero-order valence-electron chi connectivity index (χ0n) is 46.2. The summed E-state index contributed by atoms with van der Waals surface area (Å²) in [6, 6.07) is 0. The Balaban J connectivity index is 3.06. The number of hydrogen-bond acceptors (Lipinski definition) is 1. The predicted molar refractivity (Wildman–Crippen MR) is 299 cm³/mol. The van der Waals surface area contributed by atoms with Gasteiger partial charge >= 0.3 is 0 Å². The van der Waals surface area contributed by atoms with Gasteiger partial charge in [-0.25, -0.2) is 0 Å². The van der Waals surface area contributed by atoms with Crippen LogP contribution in [0.4, 0.5) is 0 Å². The number of ether oxygens (including phenoxy) is 1. The quantitative estimate of drug-likeness (QED) is 0.0553. The minimum absolute atomic E-state index is 0.999. The van der Waals surface area contributed by atoms with E-state index in [-0.39, 0.29) is 0 Å². The van der Waals surface area contributed by atoms with Crippen molar-refractivity contribution in [2.75, 3.05) is 13.2 Å². The lowest BCUT2D eigenvalue weighted by molar-refractivity contribution is 0.125. The SMILES string of the molecule is CCCCCCCCCCCCCCCCCCCCCCCCCCCCCCCCOCCCCCCCCCCCCCCCCCCCCCCCCCCCCCCCC. The summed E-state index contributed by atoms with van der Waals surface area (Å²) < 4.78 is 5.96. The van der Waals surface area contributed by atoms with Gasteiger partial charge < -0.3 is 4.74 Å². The fraction of sp³-hybridized carbons (Fsp3) is 1.00. The van der Waals surface area contributed by atoms with Crippen molar-refractivity contribution in [3.63, 3.8) is 0 Å². The van der Waals surface area contributed by atoms with Gasteiger partial charge in [0.15, 0.2) is 0 Å². The third-order valence-electron chi connectivity index (χ3n) is 15.3. The van der Waals surface area contributed by atoms with Crippen LogP contribution in [0.25, 0.3) is 0 Å². The van der Waals surface area contributed by atoms with E-state index in [0.717, 1.165) is 13.2 Å². The molecular formula is C64H130O. The first-order valence-corrected chi connectivity index (χ1v) is 32.0. The fourth-order valence-corrected chi connectivity index (χ4v) is 10.6. The lowest BCUT2D eigenvalue weighted by Gasteiger charge is -2.06. The average Bonchev–Trinajstić information content (AvgIpc) is 3.32. The van der Waals surface area contributed by atoms with E-state index in [1.807, 2.05) is 0 Å². The van der Waals surface area contributed by atoms with Crippen molar-refractivity contribution in [2.24, 2.45) is 0 Å². The summed E-state index contributed by atoms with van der Waals surface area (Å²) in [5.41, 5.74) is 0. The molecule has 0 radical (unpaired) electrons. The Morgan fingerprint density at radius 1 is 0.123 bits per heavy atom. The van der Waals surface area contributed by atoms with Gasteiger partial charge in [-0.15, -0.1) is 0 Å². The third-order valence-corrected chi connectivity index (χ3v) is 15.3. The molecule has 0 N–H and O–H groups in total. The van der Waals surface area contributed by atoms with Gasteiger partial charge in [0.2, 0.25) is 0 Å². The second kappa shape index (κ2) is 64.0. The molecule has 0 bridgehead atoms. The number of rotatable bonds is 62. The summed E-state index contributed by atoms with van der Waals surface area (Å²) in [7, 11) is 0. The molecule has 1 heteroatoms. The Labute approximate surface area is 415 Å². The minimum Gasteiger partial charge on any atom is -0.381 e. The van der Waals surface area contributed by atoms with E-state index in [2.05, 4.69) is 13.8 Å². The molecule has 65 heavy (non-hydrogen) atoms. The van der Waals surface area contributed by atoms with Gasteiger partial charge in [0, 0.05) is 13.2 Å². The van der Waals surface area contributed by atoms with Gasteiger partial charge in [-0.1, -0.05) is 386 Å². The van der Waals surface area contributed by atoms with Crippen molar-refractivity contribution in [3.8, 4) is 0 Å². The van der Waals surface area contributed by atoms with Crippen LogP contribution in [0.2, 0.25) is 0 Å². The van der Waals surface area contributed by atoms with Crippen LogP contribution >= 0.6 is 0 Å². The molecule has 392 valence electrons. The van der Waals surface area contributed by atoms with Crippen molar-refractivity contribution in [2.45, 2.75) is 399 Å². The molecule has 0 aliphatic heterocycles. The van der Waals surface area contributed by atoms with E-state index < -0.39 is 0 Å². The normalized spacial score (nSPS) is 11.7. The Kier molecular flexibility index (Phi) is 63.9. The largest absolute Gasteiger partial charge is 0.381 e. The molecule has 0 aromatic rings. The van der Waals surface area contributed by atoms with Crippen molar-refractivity contribution in [3.05, 3.63) is 0 Å². The summed E-state index contributed by atoms with van der Waals surface area (Å²) in [6.45, 7) is 6.62. The van der Waals surface area contributed by atoms with Crippen LogP contribution in [-0.4, -0.2) is 13.2 Å². The monoisotopic (exact) mass is 915 g/mol. The maximum Gasteiger partial charge on any atom is 0.0466 e. The number of hydrogen-bond donors (Lipinski definition) is 0. The van der Waals surface area contributed by atoms with Crippen molar-refractivity contribution in [1.82, 2.24) is 0 Å². The Hall–Kier alpha value is -0.0400. The zero-order valence-corrected chi connectivity index (χ0v) is 46.2. The van der Waals surface area contributed by atoms with Gasteiger partial charge in [0.05, 0.1) is 0 Å². The van der Waals surface area contributed by atoms with E-state index in [1.54, 1.807) is 0 Å². The lowest BCUT2D eigenvalue weighted by atomic mass is 10.0. The molecule has 0 atom stereocenters. The lowest BCUT2D eigenvalue weighted by Crippen LogP contribution is -1.97. The van der Waals surface area contributed by atoms with Crippen LogP contribution in [0, 0.1) is 0 Å². The molecule has 0 heterocycles. The first-order valence-electron chi connectivity index (χ1n) is 32.0. The average molecular weight is 916 g/mol. The molecule has 1 nitrogen and oxygen atoms in total. The Morgan fingerprint density at radius 3 is 0.323 bits per heavy atom. The van der Waals surface area contributed by atoms with Crippen LogP contribution in [0.15, 0.2) is 0 Å². The first kappa shape index (κ1) is 65.0. The highest BCUT2D eigenvalue weighted by atomic mass is 16.5. The summed E-state index contributed by atoms with van der Waals surface area (Å²) in [5.74, 6) is 0. The van der Waals surface area contributed by atoms with E-state index in [4.69, 9.17) is 4.74 Å². The zero-order chi connectivity index (χ0) is 46.5. The van der Waals surface area contributed by atoms with E-state index in [1.165, 1.54) is 385 Å². The Morgan fingerprint density at radius 2 is 0.215 bits per heavy atom. The predicted octanol–water partition coefficient (Wildman–Crippen LogP) is 24.4. The summed E-state index contributed by atoms with van der Waals surface area (Å²) in [5, 5.41) is 0. The molecule has 0 spiro atoms. The van der Waals surface area contributed by atoms with Crippen LogP contribution in [0.1, 0.15) is 399 Å². The fourth-order valence-electron chi connectivity index (χ4n) is 10.6. The number of unbranched alkanes of at least 4 members (excludes halogenated alkanes) is 58. The minimum atomic E-state index is 0.999. The highest BCUT2D eigenvalue weighted by Gasteiger charge is 2.00. The van der Waals surface area contributed by atoms with Crippen LogP contribution in [-0.2, 0) is 4.74 Å². The van der Waals surface area contributed by atoms with Gasteiger partial charge in [0.25, 0.3) is 0 Å². The summed E-state index contributed by atoms with van der Waals surface area (Å²) >= 11 is 0. The van der Waals surface area contributed by atoms with E-state index in [0.29, 0.717) is 0 Å². The molecule has 0 saturated heterocycles. The second-order valence-electron chi connectivity index (χ2n) is 22.1. The van der Waals surface area contributed by atoms with Crippen LogP contribution in [0.3, 0.4) is 0 Å². The first-order chi connectivity index (χ1) is 32.4. The van der Waals surface area contributed by atoms with Gasteiger partial charge in [-0.05, 0) is 12.8 Å². The van der Waals surface area contributed by atoms with Crippen LogP contribution in [0.5, 0.6) is 0 Å². The molecule has 0 aromatic carbocycles. The Bertz CT molecular complexity index is 699. The summed E-state index contributed by atoms with van der Waals surface area (Å²) in [4.78, 5) is 0. The second-order valence-corrected chi connectivity index (χ2v) is 22.1. The maximum atomic E-state index is 5.96. The highest BCUT2D eigenvalue weighted by Crippen LogP contribution is 2.19. The van der Waals surface area contributed by atoms with Crippen molar-refractivity contribution >= 4 is 0 Å². The smallest absolute Gasteiger partial charge is 0.0466 e. The standard InChI is InChI=1S/C64H130O/c1-3-5-7-9-11-13-15-17-19-21-23-25-27-29-31-33-35-37-39-41-43-45-47-49-51-53-55-57-59-61-63-65-64-62-60-58-56-54-52-50-48-46-44-42-40-38-36-34-32-30-28-26-24-22-20-18-16-14-12-10-8-6-4-2/h3-64H2,1-2H3. The molecule has 0 aliphatic rings. The third kappa shape index (κ3) is 64.0. The molecule has 0 aliphatic carbocycles. The van der Waals surface area contributed by atoms with Gasteiger partial charge in [-0.3, -0.25) is 0 Å². The van der Waals surface area contributed by atoms with E-state index in [9.17, 15) is 0 Å². The molecule has 0 amide bonds.